The van der Waals surface area contributed by atoms with Crippen molar-refractivity contribution in [3.63, 3.8) is 0 Å². The Bertz CT molecular complexity index is 528. The van der Waals surface area contributed by atoms with Crippen molar-refractivity contribution >= 4 is 11.6 Å². The number of nitrogens with two attached hydrogens (primary N) is 1. The van der Waals surface area contributed by atoms with Crippen molar-refractivity contribution in [1.82, 2.24) is 9.55 Å². The van der Waals surface area contributed by atoms with E-state index in [1.54, 1.807) is 12.5 Å². The summed E-state index contributed by atoms with van der Waals surface area (Å²) in [4.78, 5) is 4.00. The van der Waals surface area contributed by atoms with Gasteiger partial charge in [-0.2, -0.15) is 0 Å². The number of rotatable bonds is 7. The Hall–Kier alpha value is -1.52. The van der Waals surface area contributed by atoms with Crippen molar-refractivity contribution in [3.8, 4) is 5.75 Å². The highest BCUT2D eigenvalue weighted by Gasteiger charge is 2.11. The third-order valence-corrected chi connectivity index (χ3v) is 3.51. The van der Waals surface area contributed by atoms with Gasteiger partial charge in [0.1, 0.15) is 12.4 Å². The summed E-state index contributed by atoms with van der Waals surface area (Å²) < 4.78 is 7.82. The molecule has 0 spiro atoms. The minimum atomic E-state index is 0.129. The van der Waals surface area contributed by atoms with Crippen LogP contribution in [0.15, 0.2) is 36.9 Å². The fourth-order valence-electron chi connectivity index (χ4n) is 1.97. The van der Waals surface area contributed by atoms with Gasteiger partial charge in [-0.15, -0.1) is 0 Å². The Balaban J connectivity index is 2.01. The molecule has 0 saturated heterocycles. The molecule has 1 aromatic heterocycles. The smallest absolute Gasteiger partial charge is 0.141 e. The monoisotopic (exact) mass is 293 g/mol. The second kappa shape index (κ2) is 7.31. The zero-order valence-electron chi connectivity index (χ0n) is 11.6. The molecule has 0 saturated carbocycles. The average Bonchev–Trinajstić information content (AvgIpc) is 2.95. The number of para-hydroxylation sites is 1. The van der Waals surface area contributed by atoms with E-state index >= 15 is 0 Å². The van der Waals surface area contributed by atoms with Gasteiger partial charge in [-0.25, -0.2) is 4.98 Å². The number of aromatic nitrogens is 2. The molecule has 108 valence electrons. The molecule has 4 nitrogen and oxygen atoms in total. The summed E-state index contributed by atoms with van der Waals surface area (Å²) in [6.45, 7) is 3.37. The molecule has 20 heavy (non-hydrogen) atoms. The maximum Gasteiger partial charge on any atom is 0.141 e. The number of imidazole rings is 1. The fourth-order valence-corrected chi connectivity index (χ4v) is 2.22. The molecular weight excluding hydrogens is 274 g/mol. The average molecular weight is 294 g/mol. The van der Waals surface area contributed by atoms with Crippen LogP contribution in [0.3, 0.4) is 0 Å². The molecular formula is C15H20ClN3O. The number of ether oxygens (including phenoxy) is 1. The minimum absolute atomic E-state index is 0.129. The lowest BCUT2D eigenvalue weighted by Crippen LogP contribution is -2.22. The molecule has 1 heterocycles. The molecule has 2 rings (SSSR count). The summed E-state index contributed by atoms with van der Waals surface area (Å²) in [5, 5.41) is 0.636. The van der Waals surface area contributed by atoms with E-state index < -0.39 is 0 Å². The molecule has 0 bridgehead atoms. The fraction of sp³-hybridized carbons (Fsp3) is 0.400. The summed E-state index contributed by atoms with van der Waals surface area (Å²) in [5.74, 6) is 0.748. The number of halogens is 1. The summed E-state index contributed by atoms with van der Waals surface area (Å²) in [7, 11) is 0. The Morgan fingerprint density at radius 1 is 1.45 bits per heavy atom. The van der Waals surface area contributed by atoms with E-state index in [2.05, 4.69) is 11.9 Å². The number of hydrogen-bond acceptors (Lipinski definition) is 3. The zero-order chi connectivity index (χ0) is 14.4. The van der Waals surface area contributed by atoms with Gasteiger partial charge in [-0.05, 0) is 24.5 Å². The lowest BCUT2D eigenvalue weighted by Gasteiger charge is -2.15. The maximum atomic E-state index is 6.23. The van der Waals surface area contributed by atoms with Gasteiger partial charge in [-0.3, -0.25) is 0 Å². The first-order chi connectivity index (χ1) is 9.70. The lowest BCUT2D eigenvalue weighted by molar-refractivity contribution is 0.295. The maximum absolute atomic E-state index is 6.23. The Morgan fingerprint density at radius 3 is 3.00 bits per heavy atom. The molecule has 0 aliphatic carbocycles. The molecule has 0 radical (unpaired) electrons. The Labute approximate surface area is 124 Å². The Morgan fingerprint density at radius 2 is 2.30 bits per heavy atom. The van der Waals surface area contributed by atoms with Crippen LogP contribution in [0.2, 0.25) is 5.02 Å². The van der Waals surface area contributed by atoms with Crippen LogP contribution in [0.5, 0.6) is 5.75 Å². The van der Waals surface area contributed by atoms with E-state index in [9.17, 15) is 0 Å². The van der Waals surface area contributed by atoms with E-state index in [0.717, 1.165) is 30.7 Å². The van der Waals surface area contributed by atoms with E-state index in [-0.39, 0.29) is 6.04 Å². The Kier molecular flexibility index (Phi) is 5.44. The molecule has 5 heteroatoms. The zero-order valence-corrected chi connectivity index (χ0v) is 12.4. The van der Waals surface area contributed by atoms with Crippen LogP contribution in [0.1, 0.15) is 18.9 Å². The molecule has 1 aromatic carbocycles. The third kappa shape index (κ3) is 3.99. The molecule has 0 aliphatic rings. The summed E-state index contributed by atoms with van der Waals surface area (Å²) >= 11 is 6.23. The SMILES string of the molecule is CCC(N)Cc1cccc(Cl)c1OCCn1ccnc1. The molecule has 1 unspecified atom stereocenters. The number of benzene rings is 1. The van der Waals surface area contributed by atoms with E-state index in [4.69, 9.17) is 22.1 Å². The van der Waals surface area contributed by atoms with Crippen LogP contribution in [0, 0.1) is 0 Å². The van der Waals surface area contributed by atoms with Crippen molar-refractivity contribution in [1.29, 1.82) is 0 Å². The second-order valence-corrected chi connectivity index (χ2v) is 5.16. The predicted molar refractivity (Wildman–Crippen MR) is 81.1 cm³/mol. The summed E-state index contributed by atoms with van der Waals surface area (Å²) in [6.07, 6.45) is 7.13. The van der Waals surface area contributed by atoms with Crippen LogP contribution in [-0.4, -0.2) is 22.2 Å². The number of hydrogen-bond donors (Lipinski definition) is 1. The molecule has 1 atom stereocenters. The van der Waals surface area contributed by atoms with Crippen molar-refractivity contribution in [3.05, 3.63) is 47.5 Å². The van der Waals surface area contributed by atoms with Gasteiger partial charge in [-0.1, -0.05) is 30.7 Å². The van der Waals surface area contributed by atoms with Crippen molar-refractivity contribution in [2.45, 2.75) is 32.4 Å². The van der Waals surface area contributed by atoms with Crippen LogP contribution in [0.4, 0.5) is 0 Å². The van der Waals surface area contributed by atoms with Gasteiger partial charge < -0.3 is 15.0 Å². The molecule has 2 N–H and O–H groups in total. The lowest BCUT2D eigenvalue weighted by atomic mass is 10.0. The second-order valence-electron chi connectivity index (χ2n) is 4.75. The predicted octanol–water partition coefficient (Wildman–Crippen LogP) is 2.90. The van der Waals surface area contributed by atoms with Gasteiger partial charge in [0.15, 0.2) is 0 Å². The van der Waals surface area contributed by atoms with Gasteiger partial charge in [0, 0.05) is 18.4 Å². The first-order valence-corrected chi connectivity index (χ1v) is 7.20. The van der Waals surface area contributed by atoms with Gasteiger partial charge in [0.2, 0.25) is 0 Å². The van der Waals surface area contributed by atoms with Crippen LogP contribution < -0.4 is 10.5 Å². The van der Waals surface area contributed by atoms with Crippen molar-refractivity contribution in [2.75, 3.05) is 6.61 Å². The van der Waals surface area contributed by atoms with Gasteiger partial charge in [0.05, 0.1) is 17.9 Å². The topological polar surface area (TPSA) is 53.1 Å². The first-order valence-electron chi connectivity index (χ1n) is 6.82. The summed E-state index contributed by atoms with van der Waals surface area (Å²) in [5.41, 5.74) is 7.09. The first kappa shape index (κ1) is 14.9. The van der Waals surface area contributed by atoms with Crippen molar-refractivity contribution in [2.24, 2.45) is 5.73 Å². The highest BCUT2D eigenvalue weighted by atomic mass is 35.5. The minimum Gasteiger partial charge on any atom is -0.490 e. The third-order valence-electron chi connectivity index (χ3n) is 3.21. The highest BCUT2D eigenvalue weighted by molar-refractivity contribution is 6.32. The van der Waals surface area contributed by atoms with Crippen LogP contribution >= 0.6 is 11.6 Å². The van der Waals surface area contributed by atoms with E-state index in [1.165, 1.54) is 0 Å². The standard InChI is InChI=1S/C15H20ClN3O/c1-2-13(17)10-12-4-3-5-14(16)15(12)20-9-8-19-7-6-18-11-19/h3-7,11,13H,2,8-10,17H2,1H3. The molecule has 0 amide bonds. The van der Waals surface area contributed by atoms with Gasteiger partial charge in [0.25, 0.3) is 0 Å². The number of nitrogens with zero attached hydrogens (tertiary/aromatic N) is 2. The molecule has 0 fully saturated rings. The van der Waals surface area contributed by atoms with E-state index in [0.29, 0.717) is 11.6 Å². The van der Waals surface area contributed by atoms with Crippen LogP contribution in [0.25, 0.3) is 0 Å². The van der Waals surface area contributed by atoms with E-state index in [1.807, 2.05) is 29.0 Å². The normalized spacial score (nSPS) is 12.3. The van der Waals surface area contributed by atoms with Gasteiger partial charge >= 0.3 is 0 Å². The van der Waals surface area contributed by atoms with Crippen molar-refractivity contribution < 1.29 is 4.74 Å². The largest absolute Gasteiger partial charge is 0.490 e. The van der Waals surface area contributed by atoms with Crippen LogP contribution in [-0.2, 0) is 13.0 Å². The molecule has 2 aromatic rings. The molecule has 0 aliphatic heterocycles. The highest BCUT2D eigenvalue weighted by Crippen LogP contribution is 2.29. The summed E-state index contributed by atoms with van der Waals surface area (Å²) in [6, 6.07) is 5.93. The quantitative estimate of drug-likeness (QED) is 0.854.